The molecule has 0 aromatic rings. The monoisotopic (exact) mass is 220 g/mol. The zero-order valence-electron chi connectivity index (χ0n) is 10.5. The van der Waals surface area contributed by atoms with Gasteiger partial charge >= 0.3 is 0 Å². The maximum Gasteiger partial charge on any atom is 0.0635 e. The van der Waals surface area contributed by atoms with Gasteiger partial charge in [-0.3, -0.25) is 4.90 Å². The van der Waals surface area contributed by atoms with Gasteiger partial charge in [-0.15, -0.1) is 0 Å². The Balaban J connectivity index is 1.88. The summed E-state index contributed by atoms with van der Waals surface area (Å²) in [6.45, 7) is 3.34. The predicted octanol–water partition coefficient (Wildman–Crippen LogP) is 3.33. The van der Waals surface area contributed by atoms with Crippen molar-refractivity contribution in [1.29, 1.82) is 5.26 Å². The van der Waals surface area contributed by atoms with Crippen LogP contribution < -0.4 is 0 Å². The lowest BCUT2D eigenvalue weighted by atomic mass is 9.83. The van der Waals surface area contributed by atoms with Gasteiger partial charge in [0.15, 0.2) is 0 Å². The highest BCUT2D eigenvalue weighted by molar-refractivity contribution is 4.92. The predicted molar refractivity (Wildman–Crippen MR) is 66.0 cm³/mol. The first-order valence-electron chi connectivity index (χ1n) is 6.97. The molecule has 2 heteroatoms. The zero-order valence-corrected chi connectivity index (χ0v) is 10.5. The molecule has 2 rings (SSSR count). The van der Waals surface area contributed by atoms with E-state index in [0.717, 1.165) is 24.5 Å². The standard InChI is InChI=1S/C14H24N2/c1-2-12-5-3-6-14(11-12)16(10-4-9-15)13-7-8-13/h12-14H,2-8,10-11H2,1H3. The number of nitriles is 1. The van der Waals surface area contributed by atoms with Gasteiger partial charge in [0.1, 0.15) is 0 Å². The molecule has 2 atom stereocenters. The van der Waals surface area contributed by atoms with E-state index in [2.05, 4.69) is 17.9 Å². The van der Waals surface area contributed by atoms with Gasteiger partial charge in [0.2, 0.25) is 0 Å². The van der Waals surface area contributed by atoms with E-state index in [1.165, 1.54) is 44.9 Å². The summed E-state index contributed by atoms with van der Waals surface area (Å²) < 4.78 is 0. The van der Waals surface area contributed by atoms with Crippen molar-refractivity contribution < 1.29 is 0 Å². The smallest absolute Gasteiger partial charge is 0.0635 e. The number of hydrogen-bond donors (Lipinski definition) is 0. The van der Waals surface area contributed by atoms with E-state index in [9.17, 15) is 0 Å². The summed E-state index contributed by atoms with van der Waals surface area (Å²) in [5, 5.41) is 8.74. The molecule has 0 saturated heterocycles. The molecular weight excluding hydrogens is 196 g/mol. The summed E-state index contributed by atoms with van der Waals surface area (Å²) in [5.74, 6) is 0.946. The van der Waals surface area contributed by atoms with Crippen molar-refractivity contribution >= 4 is 0 Å². The van der Waals surface area contributed by atoms with Gasteiger partial charge in [-0.1, -0.05) is 26.2 Å². The van der Waals surface area contributed by atoms with Gasteiger partial charge in [-0.05, 0) is 31.6 Å². The van der Waals surface area contributed by atoms with Crippen LogP contribution in [0, 0.1) is 17.2 Å². The van der Waals surface area contributed by atoms with E-state index in [1.54, 1.807) is 0 Å². The Morgan fingerprint density at radius 2 is 2.00 bits per heavy atom. The Labute approximate surface area is 99.6 Å². The minimum absolute atomic E-state index is 0.712. The lowest BCUT2D eigenvalue weighted by Crippen LogP contribution is -2.40. The molecule has 0 aliphatic heterocycles. The molecule has 0 N–H and O–H groups in total. The molecule has 0 heterocycles. The highest BCUT2D eigenvalue weighted by atomic mass is 15.2. The Kier molecular flexibility index (Phi) is 4.23. The van der Waals surface area contributed by atoms with Gasteiger partial charge in [-0.25, -0.2) is 0 Å². The summed E-state index contributed by atoms with van der Waals surface area (Å²) in [7, 11) is 0. The van der Waals surface area contributed by atoms with E-state index in [4.69, 9.17) is 5.26 Å². The molecule has 0 aromatic heterocycles. The molecule has 2 fully saturated rings. The minimum Gasteiger partial charge on any atom is -0.296 e. The minimum atomic E-state index is 0.712. The van der Waals surface area contributed by atoms with Crippen LogP contribution in [-0.2, 0) is 0 Å². The number of rotatable bonds is 5. The third-order valence-corrected chi connectivity index (χ3v) is 4.30. The van der Waals surface area contributed by atoms with E-state index in [1.807, 2.05) is 0 Å². The van der Waals surface area contributed by atoms with E-state index >= 15 is 0 Å². The lowest BCUT2D eigenvalue weighted by molar-refractivity contribution is 0.123. The molecule has 0 spiro atoms. The van der Waals surface area contributed by atoms with Gasteiger partial charge in [-0.2, -0.15) is 5.26 Å². The van der Waals surface area contributed by atoms with Crippen LogP contribution in [0.4, 0.5) is 0 Å². The summed E-state index contributed by atoms with van der Waals surface area (Å²) in [5.41, 5.74) is 0. The van der Waals surface area contributed by atoms with Crippen LogP contribution in [0.3, 0.4) is 0 Å². The molecular formula is C14H24N2. The zero-order chi connectivity index (χ0) is 11.4. The molecule has 0 bridgehead atoms. The van der Waals surface area contributed by atoms with Gasteiger partial charge in [0, 0.05) is 25.0 Å². The van der Waals surface area contributed by atoms with Crippen molar-refractivity contribution in [2.75, 3.05) is 6.54 Å². The molecule has 0 aromatic carbocycles. The third-order valence-electron chi connectivity index (χ3n) is 4.30. The first-order chi connectivity index (χ1) is 7.85. The SMILES string of the molecule is CCC1CCCC(N(CCC#N)C2CC2)C1. The average molecular weight is 220 g/mol. The Morgan fingerprint density at radius 3 is 2.62 bits per heavy atom. The summed E-state index contributed by atoms with van der Waals surface area (Å²) in [6, 6.07) is 3.92. The molecule has 2 nitrogen and oxygen atoms in total. The van der Waals surface area contributed by atoms with Crippen LogP contribution in [0.1, 0.15) is 58.3 Å². The van der Waals surface area contributed by atoms with Crippen molar-refractivity contribution in [1.82, 2.24) is 4.90 Å². The molecule has 90 valence electrons. The second kappa shape index (κ2) is 5.68. The highest BCUT2D eigenvalue weighted by Crippen LogP contribution is 2.36. The molecule has 2 unspecified atom stereocenters. The fourth-order valence-electron chi connectivity index (χ4n) is 3.18. The van der Waals surface area contributed by atoms with Crippen molar-refractivity contribution in [3.63, 3.8) is 0 Å². The molecule has 16 heavy (non-hydrogen) atoms. The fourth-order valence-corrected chi connectivity index (χ4v) is 3.18. The van der Waals surface area contributed by atoms with Crippen molar-refractivity contribution in [2.45, 2.75) is 70.4 Å². The third kappa shape index (κ3) is 2.98. The Bertz CT molecular complexity index is 252. The van der Waals surface area contributed by atoms with Crippen LogP contribution in [-0.4, -0.2) is 23.5 Å². The molecule has 0 radical (unpaired) electrons. The largest absolute Gasteiger partial charge is 0.296 e. The van der Waals surface area contributed by atoms with Crippen molar-refractivity contribution in [3.8, 4) is 6.07 Å². The van der Waals surface area contributed by atoms with Gasteiger partial charge in [0.25, 0.3) is 0 Å². The maximum absolute atomic E-state index is 8.74. The van der Waals surface area contributed by atoms with Crippen LogP contribution >= 0.6 is 0 Å². The first-order valence-corrected chi connectivity index (χ1v) is 6.97. The Hall–Kier alpha value is -0.550. The lowest BCUT2D eigenvalue weighted by Gasteiger charge is -2.37. The van der Waals surface area contributed by atoms with Crippen LogP contribution in [0.25, 0.3) is 0 Å². The van der Waals surface area contributed by atoms with Crippen molar-refractivity contribution in [3.05, 3.63) is 0 Å². The van der Waals surface area contributed by atoms with E-state index in [-0.39, 0.29) is 0 Å². The van der Waals surface area contributed by atoms with Crippen LogP contribution in [0.5, 0.6) is 0 Å². The normalized spacial score (nSPS) is 30.3. The summed E-state index contributed by atoms with van der Waals surface area (Å²) in [4.78, 5) is 2.66. The topological polar surface area (TPSA) is 27.0 Å². The first kappa shape index (κ1) is 11.9. The molecule has 2 saturated carbocycles. The summed E-state index contributed by atoms with van der Waals surface area (Å²) in [6.07, 6.45) is 10.4. The highest BCUT2D eigenvalue weighted by Gasteiger charge is 2.35. The second-order valence-electron chi connectivity index (χ2n) is 5.47. The fraction of sp³-hybridized carbons (Fsp3) is 0.929. The van der Waals surface area contributed by atoms with Gasteiger partial charge in [0.05, 0.1) is 6.07 Å². The Morgan fingerprint density at radius 1 is 1.19 bits per heavy atom. The summed E-state index contributed by atoms with van der Waals surface area (Å²) >= 11 is 0. The van der Waals surface area contributed by atoms with E-state index in [0.29, 0.717) is 6.42 Å². The van der Waals surface area contributed by atoms with E-state index < -0.39 is 0 Å². The number of hydrogen-bond acceptors (Lipinski definition) is 2. The van der Waals surface area contributed by atoms with Crippen molar-refractivity contribution in [2.24, 2.45) is 5.92 Å². The second-order valence-corrected chi connectivity index (χ2v) is 5.47. The quantitative estimate of drug-likeness (QED) is 0.710. The average Bonchev–Trinajstić information content (AvgIpc) is 3.14. The maximum atomic E-state index is 8.74. The molecule has 2 aliphatic rings. The molecule has 2 aliphatic carbocycles. The molecule has 0 amide bonds. The van der Waals surface area contributed by atoms with Crippen LogP contribution in [0.15, 0.2) is 0 Å². The van der Waals surface area contributed by atoms with Crippen LogP contribution in [0.2, 0.25) is 0 Å². The number of nitrogens with zero attached hydrogens (tertiary/aromatic N) is 2. The van der Waals surface area contributed by atoms with Gasteiger partial charge < -0.3 is 0 Å².